The number of nitrogens with one attached hydrogen (secondary N) is 1. The number of hydrogen-bond acceptors (Lipinski definition) is 2. The molecule has 3 nitrogen and oxygen atoms in total. The Hall–Kier alpha value is -0.950. The fraction of sp³-hybridized carbons (Fsp3) is 0.417. The molecule has 0 radical (unpaired) electrons. The average molecular weight is 373 g/mol. The molecule has 20 heavy (non-hydrogen) atoms. The molecule has 1 aliphatic rings. The molecule has 8 heteroatoms. The maximum absolute atomic E-state index is 13.5. The molecule has 0 unspecified atom stereocenters. The van der Waals surface area contributed by atoms with Crippen LogP contribution in [-0.4, -0.2) is 24.5 Å². The summed E-state index contributed by atoms with van der Waals surface area (Å²) in [5.41, 5.74) is 0. The molecule has 1 aliphatic carbocycles. The molecule has 0 bridgehead atoms. The summed E-state index contributed by atoms with van der Waals surface area (Å²) in [6.45, 7) is -0.459. The molecule has 2 rings (SSSR count). The van der Waals surface area contributed by atoms with Gasteiger partial charge in [0.1, 0.15) is 0 Å². The van der Waals surface area contributed by atoms with Crippen LogP contribution in [0.15, 0.2) is 16.6 Å². The lowest BCUT2D eigenvalue weighted by atomic mass is 9.88. The van der Waals surface area contributed by atoms with E-state index in [4.69, 9.17) is 16.3 Å². The first-order valence-corrected chi connectivity index (χ1v) is 6.88. The van der Waals surface area contributed by atoms with Crippen molar-refractivity contribution in [3.8, 4) is 5.75 Å². The summed E-state index contributed by atoms with van der Waals surface area (Å²) in [5.74, 6) is -4.15. The van der Waals surface area contributed by atoms with E-state index < -0.39 is 30.3 Å². The fourth-order valence-electron chi connectivity index (χ4n) is 1.84. The highest BCUT2D eigenvalue weighted by molar-refractivity contribution is 9.10. The minimum Gasteiger partial charge on any atom is -0.480 e. The predicted octanol–water partition coefficient (Wildman–Crippen LogP) is 3.53. The van der Waals surface area contributed by atoms with Crippen LogP contribution in [0.4, 0.5) is 13.2 Å². The van der Waals surface area contributed by atoms with Crippen molar-refractivity contribution in [1.29, 1.82) is 0 Å². The summed E-state index contributed by atoms with van der Waals surface area (Å²) in [6.07, 6.45) is -0.754. The average Bonchev–Trinajstić information content (AvgIpc) is 2.24. The second-order valence-electron chi connectivity index (χ2n) is 4.52. The Morgan fingerprint density at radius 3 is 2.70 bits per heavy atom. The van der Waals surface area contributed by atoms with Crippen molar-refractivity contribution in [3.05, 3.63) is 27.4 Å². The number of benzene rings is 1. The van der Waals surface area contributed by atoms with Gasteiger partial charge in [-0.1, -0.05) is 11.6 Å². The molecule has 1 fully saturated rings. The molecule has 0 spiro atoms. The Bertz CT molecular complexity index is 510. The van der Waals surface area contributed by atoms with Crippen molar-refractivity contribution in [2.45, 2.75) is 24.8 Å². The first-order chi connectivity index (χ1) is 9.27. The fourth-order valence-corrected chi connectivity index (χ4v) is 2.72. The van der Waals surface area contributed by atoms with Gasteiger partial charge in [-0.05, 0) is 28.1 Å². The SMILES string of the molecule is O=C(COc1c(F)cc(Cl)cc1Br)NC1CC(F)(F)C1. The quantitative estimate of drug-likeness (QED) is 0.878. The first-order valence-electron chi connectivity index (χ1n) is 5.71. The molecule has 1 aromatic rings. The van der Waals surface area contributed by atoms with Crippen LogP contribution in [0.25, 0.3) is 0 Å². The van der Waals surface area contributed by atoms with Crippen LogP contribution in [0.5, 0.6) is 5.75 Å². The molecule has 0 aromatic heterocycles. The molecule has 1 saturated carbocycles. The Kier molecular flexibility index (Phi) is 4.49. The lowest BCUT2D eigenvalue weighted by Gasteiger charge is -2.35. The Morgan fingerprint density at radius 2 is 2.15 bits per heavy atom. The summed E-state index contributed by atoms with van der Waals surface area (Å²) in [7, 11) is 0. The van der Waals surface area contributed by atoms with E-state index >= 15 is 0 Å². The topological polar surface area (TPSA) is 38.3 Å². The van der Waals surface area contributed by atoms with Crippen molar-refractivity contribution in [2.24, 2.45) is 0 Å². The van der Waals surface area contributed by atoms with Crippen LogP contribution in [-0.2, 0) is 4.79 Å². The van der Waals surface area contributed by atoms with Crippen LogP contribution in [0, 0.1) is 5.82 Å². The number of rotatable bonds is 4. The number of hydrogen-bond donors (Lipinski definition) is 1. The zero-order valence-electron chi connectivity index (χ0n) is 10.1. The highest BCUT2D eigenvalue weighted by atomic mass is 79.9. The summed E-state index contributed by atoms with van der Waals surface area (Å²) in [6, 6.07) is 1.91. The van der Waals surface area contributed by atoms with Crippen molar-refractivity contribution >= 4 is 33.4 Å². The number of amides is 1. The van der Waals surface area contributed by atoms with Gasteiger partial charge in [-0.2, -0.15) is 0 Å². The normalized spacial score (nSPS) is 17.4. The van der Waals surface area contributed by atoms with Gasteiger partial charge >= 0.3 is 0 Å². The number of carbonyl (C=O) groups excluding carboxylic acids is 1. The van der Waals surface area contributed by atoms with Gasteiger partial charge < -0.3 is 10.1 Å². The molecule has 0 aliphatic heterocycles. The van der Waals surface area contributed by atoms with E-state index in [2.05, 4.69) is 21.2 Å². The summed E-state index contributed by atoms with van der Waals surface area (Å²) in [4.78, 5) is 11.5. The standard InChI is InChI=1S/C12H10BrClF3NO2/c13-8-1-6(14)2-9(15)11(8)20-5-10(19)18-7-3-12(16,17)4-7/h1-2,7H,3-5H2,(H,18,19). The molecule has 1 aromatic carbocycles. The summed E-state index contributed by atoms with van der Waals surface area (Å²) >= 11 is 8.69. The lowest BCUT2D eigenvalue weighted by Crippen LogP contribution is -2.51. The van der Waals surface area contributed by atoms with Gasteiger partial charge in [-0.25, -0.2) is 13.2 Å². The van der Waals surface area contributed by atoms with E-state index in [0.29, 0.717) is 0 Å². The molecular formula is C12H10BrClF3NO2. The minimum absolute atomic E-state index is 0.150. The molecular weight excluding hydrogens is 362 g/mol. The maximum atomic E-state index is 13.5. The number of carbonyl (C=O) groups is 1. The third-order valence-electron chi connectivity index (χ3n) is 2.77. The van der Waals surface area contributed by atoms with Crippen molar-refractivity contribution in [1.82, 2.24) is 5.32 Å². The van der Waals surface area contributed by atoms with Gasteiger partial charge in [0.15, 0.2) is 18.2 Å². The van der Waals surface area contributed by atoms with Crippen molar-refractivity contribution in [2.75, 3.05) is 6.61 Å². The van der Waals surface area contributed by atoms with E-state index in [1.807, 2.05) is 0 Å². The van der Waals surface area contributed by atoms with Crippen LogP contribution in [0.2, 0.25) is 5.02 Å². The highest BCUT2D eigenvalue weighted by Gasteiger charge is 2.45. The predicted molar refractivity (Wildman–Crippen MR) is 70.7 cm³/mol. The minimum atomic E-state index is -2.70. The molecule has 1 N–H and O–H groups in total. The lowest BCUT2D eigenvalue weighted by molar-refractivity contribution is -0.131. The molecule has 0 heterocycles. The van der Waals surface area contributed by atoms with E-state index in [0.717, 1.165) is 6.07 Å². The van der Waals surface area contributed by atoms with Gasteiger partial charge in [-0.3, -0.25) is 4.79 Å². The molecule has 0 atom stereocenters. The third kappa shape index (κ3) is 3.79. The van der Waals surface area contributed by atoms with Gasteiger partial charge in [0.25, 0.3) is 11.8 Å². The third-order valence-corrected chi connectivity index (χ3v) is 3.57. The van der Waals surface area contributed by atoms with Gasteiger partial charge in [0.05, 0.1) is 4.47 Å². The highest BCUT2D eigenvalue weighted by Crippen LogP contribution is 2.37. The number of halogens is 5. The summed E-state index contributed by atoms with van der Waals surface area (Å²) in [5, 5.41) is 2.57. The van der Waals surface area contributed by atoms with E-state index in [9.17, 15) is 18.0 Å². The van der Waals surface area contributed by atoms with Gasteiger partial charge in [-0.15, -0.1) is 0 Å². The monoisotopic (exact) mass is 371 g/mol. The zero-order valence-corrected chi connectivity index (χ0v) is 12.4. The van der Waals surface area contributed by atoms with Crippen LogP contribution in [0.1, 0.15) is 12.8 Å². The first kappa shape index (κ1) is 15.4. The van der Waals surface area contributed by atoms with E-state index in [1.54, 1.807) is 0 Å². The maximum Gasteiger partial charge on any atom is 0.258 e. The van der Waals surface area contributed by atoms with Gasteiger partial charge in [0.2, 0.25) is 0 Å². The van der Waals surface area contributed by atoms with Crippen LogP contribution >= 0.6 is 27.5 Å². The largest absolute Gasteiger partial charge is 0.480 e. The Morgan fingerprint density at radius 1 is 1.50 bits per heavy atom. The summed E-state index contributed by atoms with van der Waals surface area (Å²) < 4.78 is 44.0. The zero-order chi connectivity index (χ0) is 14.9. The molecule has 110 valence electrons. The van der Waals surface area contributed by atoms with E-state index in [-0.39, 0.29) is 28.1 Å². The van der Waals surface area contributed by atoms with Crippen molar-refractivity contribution in [3.63, 3.8) is 0 Å². The number of ether oxygens (including phenoxy) is 1. The second kappa shape index (κ2) is 5.81. The molecule has 0 saturated heterocycles. The molecule has 1 amide bonds. The smallest absolute Gasteiger partial charge is 0.258 e. The van der Waals surface area contributed by atoms with Gasteiger partial charge in [0, 0.05) is 23.9 Å². The Balaban J connectivity index is 1.85. The second-order valence-corrected chi connectivity index (χ2v) is 5.81. The Labute approximate surface area is 126 Å². The van der Waals surface area contributed by atoms with Crippen molar-refractivity contribution < 1.29 is 22.7 Å². The van der Waals surface area contributed by atoms with E-state index in [1.165, 1.54) is 6.07 Å². The number of alkyl halides is 2. The van der Waals surface area contributed by atoms with Crippen LogP contribution in [0.3, 0.4) is 0 Å². The van der Waals surface area contributed by atoms with Crippen LogP contribution < -0.4 is 10.1 Å².